The lowest BCUT2D eigenvalue weighted by Gasteiger charge is -2.40. The minimum Gasteiger partial charge on any atom is -0.396 e. The molecule has 1 saturated heterocycles. The van der Waals surface area contributed by atoms with E-state index in [1.807, 2.05) is 0 Å². The third kappa shape index (κ3) is 3.28. The fourth-order valence-electron chi connectivity index (χ4n) is 2.01. The maximum absolute atomic E-state index is 13.1. The summed E-state index contributed by atoms with van der Waals surface area (Å²) < 4.78 is 55.8. The van der Waals surface area contributed by atoms with Gasteiger partial charge in [0.1, 0.15) is 5.82 Å². The molecule has 0 bridgehead atoms. The molecule has 112 valence electrons. The molecule has 0 atom stereocenters. The van der Waals surface area contributed by atoms with Crippen molar-refractivity contribution in [2.24, 2.45) is 5.41 Å². The zero-order valence-corrected chi connectivity index (χ0v) is 10.6. The van der Waals surface area contributed by atoms with Crippen LogP contribution in [0.3, 0.4) is 0 Å². The second-order valence-corrected chi connectivity index (χ2v) is 5.07. The molecular formula is C13H15F4NO2. The molecule has 3 nitrogen and oxygen atoms in total. The zero-order chi connectivity index (χ0) is 14.8. The Morgan fingerprint density at radius 3 is 2.50 bits per heavy atom. The highest BCUT2D eigenvalue weighted by Crippen LogP contribution is 2.32. The van der Waals surface area contributed by atoms with Crippen LogP contribution in [0, 0.1) is 11.2 Å². The monoisotopic (exact) mass is 293 g/mol. The van der Waals surface area contributed by atoms with Crippen molar-refractivity contribution >= 4 is 0 Å². The van der Waals surface area contributed by atoms with Crippen molar-refractivity contribution in [3.8, 4) is 0 Å². The van der Waals surface area contributed by atoms with Crippen molar-refractivity contribution in [2.75, 3.05) is 26.4 Å². The van der Waals surface area contributed by atoms with E-state index < -0.39 is 17.6 Å². The smallest absolute Gasteiger partial charge is 0.396 e. The summed E-state index contributed by atoms with van der Waals surface area (Å²) in [5.74, 6) is -1.28. The largest absolute Gasteiger partial charge is 0.419 e. The molecule has 0 amide bonds. The topological polar surface area (TPSA) is 41.5 Å². The van der Waals surface area contributed by atoms with Crippen LogP contribution in [0.4, 0.5) is 17.6 Å². The van der Waals surface area contributed by atoms with Crippen molar-refractivity contribution in [3.05, 3.63) is 35.1 Å². The van der Waals surface area contributed by atoms with Gasteiger partial charge in [0.15, 0.2) is 0 Å². The van der Waals surface area contributed by atoms with Crippen molar-refractivity contribution in [3.63, 3.8) is 0 Å². The van der Waals surface area contributed by atoms with E-state index >= 15 is 0 Å². The van der Waals surface area contributed by atoms with Gasteiger partial charge in [-0.05, 0) is 17.7 Å². The normalized spacial score (nSPS) is 17.9. The summed E-state index contributed by atoms with van der Waals surface area (Å²) in [6, 6.07) is 2.92. The lowest BCUT2D eigenvalue weighted by Crippen LogP contribution is -2.52. The Hall–Kier alpha value is -1.18. The number of nitrogens with one attached hydrogen (secondary N) is 1. The van der Waals surface area contributed by atoms with E-state index in [1.54, 1.807) is 0 Å². The Balaban J connectivity index is 1.96. The maximum Gasteiger partial charge on any atom is 0.419 e. The van der Waals surface area contributed by atoms with Crippen LogP contribution >= 0.6 is 0 Å². The van der Waals surface area contributed by atoms with Crippen LogP contribution in [0.2, 0.25) is 0 Å². The average Bonchev–Trinajstić information content (AvgIpc) is 2.33. The Morgan fingerprint density at radius 2 is 2.00 bits per heavy atom. The summed E-state index contributed by atoms with van der Waals surface area (Å²) in [7, 11) is 0. The minimum atomic E-state index is -4.70. The molecule has 0 saturated carbocycles. The number of alkyl halides is 3. The first kappa shape index (κ1) is 15.2. The molecule has 1 aromatic rings. The Kier molecular flexibility index (Phi) is 4.31. The summed E-state index contributed by atoms with van der Waals surface area (Å²) in [6.07, 6.45) is -4.70. The van der Waals surface area contributed by atoms with Gasteiger partial charge in [-0.25, -0.2) is 4.39 Å². The first-order valence-electron chi connectivity index (χ1n) is 6.11. The molecule has 1 aliphatic rings. The Labute approximate surface area is 113 Å². The first-order chi connectivity index (χ1) is 9.36. The van der Waals surface area contributed by atoms with Crippen molar-refractivity contribution in [2.45, 2.75) is 12.7 Å². The number of aliphatic hydroxyl groups is 1. The maximum atomic E-state index is 13.1. The third-order valence-corrected chi connectivity index (χ3v) is 3.32. The van der Waals surface area contributed by atoms with Gasteiger partial charge in [0, 0.05) is 13.1 Å². The molecule has 2 N–H and O–H groups in total. The van der Waals surface area contributed by atoms with Crippen LogP contribution in [0.15, 0.2) is 18.2 Å². The number of halogens is 4. The average molecular weight is 293 g/mol. The van der Waals surface area contributed by atoms with Gasteiger partial charge in [-0.3, -0.25) is 0 Å². The number of hydrogen-bond donors (Lipinski definition) is 2. The fourth-order valence-corrected chi connectivity index (χ4v) is 2.01. The molecule has 0 aliphatic carbocycles. The molecule has 1 fully saturated rings. The van der Waals surface area contributed by atoms with Gasteiger partial charge >= 0.3 is 6.18 Å². The fraction of sp³-hybridized carbons (Fsp3) is 0.538. The predicted octanol–water partition coefficient (Wildman–Crippen LogP) is 1.94. The van der Waals surface area contributed by atoms with Crippen LogP contribution in [0.25, 0.3) is 0 Å². The lowest BCUT2D eigenvalue weighted by atomic mass is 9.87. The SMILES string of the molecule is OCC1(CNCc2ccc(F)c(C(F)(F)F)c2)COC1. The van der Waals surface area contributed by atoms with Crippen molar-refractivity contribution in [1.29, 1.82) is 0 Å². The molecule has 0 radical (unpaired) electrons. The van der Waals surface area contributed by atoms with Crippen LogP contribution in [-0.2, 0) is 17.5 Å². The zero-order valence-electron chi connectivity index (χ0n) is 10.6. The second-order valence-electron chi connectivity index (χ2n) is 5.07. The van der Waals surface area contributed by atoms with E-state index in [9.17, 15) is 22.7 Å². The van der Waals surface area contributed by atoms with E-state index in [1.165, 1.54) is 6.07 Å². The molecule has 0 aromatic heterocycles. The van der Waals surface area contributed by atoms with Crippen LogP contribution in [0.1, 0.15) is 11.1 Å². The molecular weight excluding hydrogens is 278 g/mol. The number of rotatable bonds is 5. The highest BCUT2D eigenvalue weighted by Gasteiger charge is 2.37. The van der Waals surface area contributed by atoms with Gasteiger partial charge in [0.2, 0.25) is 0 Å². The number of aliphatic hydroxyl groups excluding tert-OH is 1. The highest BCUT2D eigenvalue weighted by atomic mass is 19.4. The van der Waals surface area contributed by atoms with E-state index in [2.05, 4.69) is 5.32 Å². The van der Waals surface area contributed by atoms with Crippen LogP contribution in [-0.4, -0.2) is 31.5 Å². The van der Waals surface area contributed by atoms with Gasteiger partial charge in [-0.15, -0.1) is 0 Å². The molecule has 7 heteroatoms. The molecule has 20 heavy (non-hydrogen) atoms. The van der Waals surface area contributed by atoms with Gasteiger partial charge in [-0.2, -0.15) is 13.2 Å². The van der Waals surface area contributed by atoms with Crippen LogP contribution in [0.5, 0.6) is 0 Å². The van der Waals surface area contributed by atoms with Gasteiger partial charge in [0.05, 0.1) is 30.8 Å². The van der Waals surface area contributed by atoms with E-state index in [-0.39, 0.29) is 18.6 Å². The molecule has 2 rings (SSSR count). The quantitative estimate of drug-likeness (QED) is 0.815. The highest BCUT2D eigenvalue weighted by molar-refractivity contribution is 5.27. The second kappa shape index (κ2) is 5.67. The lowest BCUT2D eigenvalue weighted by molar-refractivity contribution is -0.140. The van der Waals surface area contributed by atoms with Crippen molar-refractivity contribution < 1.29 is 27.4 Å². The summed E-state index contributed by atoms with van der Waals surface area (Å²) >= 11 is 0. The minimum absolute atomic E-state index is 0.0444. The Bertz CT molecular complexity index is 466. The van der Waals surface area contributed by atoms with E-state index in [0.29, 0.717) is 25.3 Å². The number of benzene rings is 1. The summed E-state index contributed by atoms with van der Waals surface area (Å²) in [5, 5.41) is 12.2. The number of hydrogen-bond acceptors (Lipinski definition) is 3. The summed E-state index contributed by atoms with van der Waals surface area (Å²) in [5.41, 5.74) is -1.28. The predicted molar refractivity (Wildman–Crippen MR) is 63.4 cm³/mol. The molecule has 1 heterocycles. The van der Waals surface area contributed by atoms with Crippen molar-refractivity contribution in [1.82, 2.24) is 5.32 Å². The number of ether oxygens (including phenoxy) is 1. The first-order valence-corrected chi connectivity index (χ1v) is 6.11. The van der Waals surface area contributed by atoms with Gasteiger partial charge in [-0.1, -0.05) is 6.07 Å². The summed E-state index contributed by atoms with van der Waals surface area (Å²) in [6.45, 7) is 1.41. The molecule has 1 aromatic carbocycles. The van der Waals surface area contributed by atoms with E-state index in [4.69, 9.17) is 4.74 Å². The summed E-state index contributed by atoms with van der Waals surface area (Å²) in [4.78, 5) is 0. The standard InChI is InChI=1S/C13H15F4NO2/c14-11-2-1-9(3-10(11)13(15,16)17)4-18-5-12(6-19)7-20-8-12/h1-3,18-19H,4-8H2. The molecule has 0 unspecified atom stereocenters. The van der Waals surface area contributed by atoms with Gasteiger partial charge < -0.3 is 15.2 Å². The third-order valence-electron chi connectivity index (χ3n) is 3.32. The van der Waals surface area contributed by atoms with E-state index in [0.717, 1.165) is 12.1 Å². The van der Waals surface area contributed by atoms with Gasteiger partial charge in [0.25, 0.3) is 0 Å². The molecule has 0 spiro atoms. The van der Waals surface area contributed by atoms with Crippen LogP contribution < -0.4 is 5.32 Å². The Morgan fingerprint density at radius 1 is 1.30 bits per heavy atom. The molecule has 1 aliphatic heterocycles.